The Morgan fingerprint density at radius 2 is 2.00 bits per heavy atom. The quantitative estimate of drug-likeness (QED) is 0.847. The van der Waals surface area contributed by atoms with Crippen LogP contribution in [0.1, 0.15) is 25.3 Å². The smallest absolute Gasteiger partial charge is 0.161 e. The summed E-state index contributed by atoms with van der Waals surface area (Å²) in [4.78, 5) is 0. The van der Waals surface area contributed by atoms with Gasteiger partial charge in [-0.25, -0.2) is 0 Å². The van der Waals surface area contributed by atoms with E-state index in [-0.39, 0.29) is 0 Å². The van der Waals surface area contributed by atoms with Gasteiger partial charge in [0.2, 0.25) is 0 Å². The first kappa shape index (κ1) is 11.3. The Morgan fingerprint density at radius 3 is 2.75 bits per heavy atom. The molecule has 0 bridgehead atoms. The van der Waals surface area contributed by atoms with Crippen molar-refractivity contribution in [1.29, 1.82) is 0 Å². The molecule has 0 saturated heterocycles. The van der Waals surface area contributed by atoms with E-state index in [1.54, 1.807) is 0 Å². The van der Waals surface area contributed by atoms with E-state index in [1.807, 2.05) is 6.07 Å². The fraction of sp³-hybridized carbons (Fsp3) is 0.538. The van der Waals surface area contributed by atoms with Gasteiger partial charge in [0.15, 0.2) is 11.5 Å². The van der Waals surface area contributed by atoms with Crippen LogP contribution in [-0.2, 0) is 6.42 Å². The first-order valence-corrected chi connectivity index (χ1v) is 5.93. The van der Waals surface area contributed by atoms with Crippen LogP contribution in [0.25, 0.3) is 0 Å². The number of aryl methyl sites for hydroxylation is 1. The second-order valence-corrected chi connectivity index (χ2v) is 4.19. The van der Waals surface area contributed by atoms with Crippen LogP contribution >= 0.6 is 0 Å². The van der Waals surface area contributed by atoms with Crippen molar-refractivity contribution in [2.24, 2.45) is 5.73 Å². The zero-order valence-corrected chi connectivity index (χ0v) is 9.74. The van der Waals surface area contributed by atoms with Crippen LogP contribution in [0.2, 0.25) is 0 Å². The Balaban J connectivity index is 2.00. The highest BCUT2D eigenvalue weighted by atomic mass is 16.6. The average molecular weight is 221 g/mol. The number of hydrogen-bond acceptors (Lipinski definition) is 3. The Labute approximate surface area is 96.5 Å². The maximum atomic E-state index is 5.90. The molecular formula is C13H19NO2. The monoisotopic (exact) mass is 221 g/mol. The molecule has 1 atom stereocenters. The minimum absolute atomic E-state index is 0.299. The molecule has 16 heavy (non-hydrogen) atoms. The van der Waals surface area contributed by atoms with Gasteiger partial charge in [0.1, 0.15) is 13.2 Å². The van der Waals surface area contributed by atoms with Crippen molar-refractivity contribution in [2.45, 2.75) is 32.2 Å². The van der Waals surface area contributed by atoms with E-state index in [0.29, 0.717) is 19.3 Å². The van der Waals surface area contributed by atoms with Gasteiger partial charge < -0.3 is 15.2 Å². The van der Waals surface area contributed by atoms with Crippen molar-refractivity contribution >= 4 is 0 Å². The van der Waals surface area contributed by atoms with Gasteiger partial charge in [0.05, 0.1) is 0 Å². The van der Waals surface area contributed by atoms with Gasteiger partial charge in [0, 0.05) is 6.04 Å². The van der Waals surface area contributed by atoms with E-state index < -0.39 is 0 Å². The van der Waals surface area contributed by atoms with Gasteiger partial charge in [-0.2, -0.15) is 0 Å². The molecule has 0 spiro atoms. The molecule has 1 aromatic rings. The zero-order valence-electron chi connectivity index (χ0n) is 9.74. The van der Waals surface area contributed by atoms with Crippen LogP contribution < -0.4 is 15.2 Å². The minimum atomic E-state index is 0.299. The second kappa shape index (κ2) is 5.21. The molecule has 1 heterocycles. The fourth-order valence-electron chi connectivity index (χ4n) is 1.80. The summed E-state index contributed by atoms with van der Waals surface area (Å²) in [5.41, 5.74) is 7.17. The van der Waals surface area contributed by atoms with Gasteiger partial charge in [-0.15, -0.1) is 0 Å². The lowest BCUT2D eigenvalue weighted by Crippen LogP contribution is -2.19. The predicted octanol–water partition coefficient (Wildman–Crippen LogP) is 2.13. The molecule has 2 rings (SSSR count). The van der Waals surface area contributed by atoms with Crippen LogP contribution in [0.3, 0.4) is 0 Å². The molecule has 1 aliphatic rings. The lowest BCUT2D eigenvalue weighted by molar-refractivity contribution is 0.171. The first-order valence-electron chi connectivity index (χ1n) is 5.93. The van der Waals surface area contributed by atoms with Crippen molar-refractivity contribution in [1.82, 2.24) is 0 Å². The van der Waals surface area contributed by atoms with Crippen LogP contribution in [-0.4, -0.2) is 19.3 Å². The highest BCUT2D eigenvalue weighted by Crippen LogP contribution is 2.31. The summed E-state index contributed by atoms with van der Waals surface area (Å²) in [5.74, 6) is 1.73. The van der Waals surface area contributed by atoms with Crippen molar-refractivity contribution in [3.05, 3.63) is 23.8 Å². The first-order chi connectivity index (χ1) is 7.79. The van der Waals surface area contributed by atoms with Gasteiger partial charge >= 0.3 is 0 Å². The summed E-state index contributed by atoms with van der Waals surface area (Å²) >= 11 is 0. The highest BCUT2D eigenvalue weighted by molar-refractivity contribution is 5.43. The normalized spacial score (nSPS) is 15.9. The van der Waals surface area contributed by atoms with Gasteiger partial charge in [-0.05, 0) is 37.0 Å². The summed E-state index contributed by atoms with van der Waals surface area (Å²) in [6.45, 7) is 3.41. The Morgan fingerprint density at radius 1 is 1.25 bits per heavy atom. The Kier molecular flexibility index (Phi) is 3.67. The summed E-state index contributed by atoms with van der Waals surface area (Å²) < 4.78 is 11.0. The molecule has 0 saturated carbocycles. The minimum Gasteiger partial charge on any atom is -0.486 e. The van der Waals surface area contributed by atoms with Crippen molar-refractivity contribution in [3.8, 4) is 11.5 Å². The molecule has 0 radical (unpaired) electrons. The molecule has 0 aromatic heterocycles. The number of benzene rings is 1. The van der Waals surface area contributed by atoms with E-state index in [0.717, 1.165) is 30.8 Å². The van der Waals surface area contributed by atoms with Gasteiger partial charge in [-0.1, -0.05) is 13.0 Å². The SMILES string of the molecule is CCC(N)CCc1ccc2c(c1)OCCO2. The standard InChI is InChI=1S/C13H19NO2/c1-2-11(14)5-3-10-4-6-12-13(9-10)16-8-7-15-12/h4,6,9,11H,2-3,5,7-8,14H2,1H3. The number of fused-ring (bicyclic) bond motifs is 1. The molecule has 1 aliphatic heterocycles. The van der Waals surface area contributed by atoms with Crippen LogP contribution in [0, 0.1) is 0 Å². The number of hydrogen-bond donors (Lipinski definition) is 1. The van der Waals surface area contributed by atoms with Gasteiger partial charge in [0.25, 0.3) is 0 Å². The van der Waals surface area contributed by atoms with Crippen LogP contribution in [0.4, 0.5) is 0 Å². The molecule has 3 nitrogen and oxygen atoms in total. The second-order valence-electron chi connectivity index (χ2n) is 4.19. The van der Waals surface area contributed by atoms with Crippen molar-refractivity contribution < 1.29 is 9.47 Å². The molecule has 0 amide bonds. The Bertz CT molecular complexity index is 352. The largest absolute Gasteiger partial charge is 0.486 e. The van der Waals surface area contributed by atoms with E-state index in [9.17, 15) is 0 Å². The molecule has 88 valence electrons. The third-order valence-electron chi connectivity index (χ3n) is 2.93. The van der Waals surface area contributed by atoms with Crippen LogP contribution in [0.5, 0.6) is 11.5 Å². The Hall–Kier alpha value is -1.22. The van der Waals surface area contributed by atoms with E-state index in [1.165, 1.54) is 5.56 Å². The third kappa shape index (κ3) is 2.67. The number of ether oxygens (including phenoxy) is 2. The lowest BCUT2D eigenvalue weighted by Gasteiger charge is -2.19. The molecule has 0 aliphatic carbocycles. The molecule has 1 unspecified atom stereocenters. The third-order valence-corrected chi connectivity index (χ3v) is 2.93. The van der Waals surface area contributed by atoms with Gasteiger partial charge in [-0.3, -0.25) is 0 Å². The highest BCUT2D eigenvalue weighted by Gasteiger charge is 2.11. The predicted molar refractivity (Wildman–Crippen MR) is 64.0 cm³/mol. The van der Waals surface area contributed by atoms with Crippen LogP contribution in [0.15, 0.2) is 18.2 Å². The number of nitrogens with two attached hydrogens (primary N) is 1. The molecular weight excluding hydrogens is 202 g/mol. The molecule has 2 N–H and O–H groups in total. The summed E-state index contributed by atoms with van der Waals surface area (Å²) in [6, 6.07) is 6.45. The molecule has 1 aromatic carbocycles. The zero-order chi connectivity index (χ0) is 11.4. The topological polar surface area (TPSA) is 44.5 Å². The van der Waals surface area contributed by atoms with E-state index in [2.05, 4.69) is 19.1 Å². The fourth-order valence-corrected chi connectivity index (χ4v) is 1.80. The average Bonchev–Trinajstić information content (AvgIpc) is 2.35. The summed E-state index contributed by atoms with van der Waals surface area (Å²) in [7, 11) is 0. The van der Waals surface area contributed by atoms with Crippen molar-refractivity contribution in [2.75, 3.05) is 13.2 Å². The molecule has 0 fully saturated rings. The maximum Gasteiger partial charge on any atom is 0.161 e. The maximum absolute atomic E-state index is 5.90. The summed E-state index contributed by atoms with van der Waals surface area (Å²) in [5, 5.41) is 0. The molecule has 3 heteroatoms. The number of rotatable bonds is 4. The van der Waals surface area contributed by atoms with E-state index >= 15 is 0 Å². The van der Waals surface area contributed by atoms with E-state index in [4.69, 9.17) is 15.2 Å². The lowest BCUT2D eigenvalue weighted by atomic mass is 10.0. The summed E-state index contributed by atoms with van der Waals surface area (Å²) in [6.07, 6.45) is 3.06. The van der Waals surface area contributed by atoms with Crippen molar-refractivity contribution in [3.63, 3.8) is 0 Å².